The molecule has 1 aromatic carbocycles. The highest BCUT2D eigenvalue weighted by molar-refractivity contribution is 7.83. The van der Waals surface area contributed by atoms with Crippen LogP contribution in [0.1, 0.15) is 25.3 Å². The molecule has 0 bridgehead atoms. The minimum Gasteiger partial charge on any atom is -0.769 e. The van der Waals surface area contributed by atoms with Crippen molar-refractivity contribution in [2.45, 2.75) is 32.2 Å². The number of pyridine rings is 1. The van der Waals surface area contributed by atoms with Crippen LogP contribution in [0.2, 0.25) is 0 Å². The Morgan fingerprint density at radius 2 is 2.08 bits per heavy atom. The molecule has 1 aliphatic carbocycles. The van der Waals surface area contributed by atoms with E-state index < -0.39 is 23.1 Å². The van der Waals surface area contributed by atoms with E-state index in [1.54, 1.807) is 25.4 Å². The standard InChI is InChI=1S/C20H25N3O5.C7H11NO2S/c1-12-4-6-23(19(12)24)16(20(25)26)10-14-9-13-3-5-22-18(21)15(13)11-17(14)28-8-7-27-2;1-8(2)6-3-4-7(5-6)11(9)10/h3,5,9,11-12,16H,4,6-8,10H2,1-2H3,(H2,21,22)(H,25,26);3-4H,5H2,1-2H3,(H,9,10)/p-1/t12-,16+;/m0./s1. The summed E-state index contributed by atoms with van der Waals surface area (Å²) in [5, 5.41) is 11.3. The van der Waals surface area contributed by atoms with E-state index >= 15 is 0 Å². The number of nitrogens with zero attached hydrogens (tertiary/aromatic N) is 3. The van der Waals surface area contributed by atoms with Gasteiger partial charge in [0.2, 0.25) is 5.91 Å². The van der Waals surface area contributed by atoms with E-state index in [1.807, 2.05) is 44.1 Å². The molecule has 4 rings (SSSR count). The van der Waals surface area contributed by atoms with Crippen molar-refractivity contribution in [3.63, 3.8) is 0 Å². The molecule has 1 saturated heterocycles. The van der Waals surface area contributed by atoms with Gasteiger partial charge in [-0.2, -0.15) is 0 Å². The van der Waals surface area contributed by atoms with E-state index in [0.717, 1.165) is 16.5 Å². The Morgan fingerprint density at radius 3 is 2.62 bits per heavy atom. The molecule has 1 amide bonds. The average Bonchev–Trinajstić information content (AvgIpc) is 3.51. The van der Waals surface area contributed by atoms with Gasteiger partial charge in [0.05, 0.1) is 6.61 Å². The van der Waals surface area contributed by atoms with Gasteiger partial charge in [-0.25, -0.2) is 9.78 Å². The number of amides is 1. The van der Waals surface area contributed by atoms with Crippen LogP contribution in [0.15, 0.2) is 47.2 Å². The van der Waals surface area contributed by atoms with Crippen LogP contribution in [0.25, 0.3) is 10.8 Å². The Hall–Kier alpha value is -3.48. The number of fused-ring (bicyclic) bond motifs is 1. The van der Waals surface area contributed by atoms with Crippen LogP contribution < -0.4 is 10.5 Å². The Labute approximate surface area is 230 Å². The number of carbonyl (C=O) groups is 2. The number of anilines is 1. The van der Waals surface area contributed by atoms with Crippen LogP contribution >= 0.6 is 0 Å². The Kier molecular flexibility index (Phi) is 10.4. The number of likely N-dealkylation sites (tertiary alicyclic amines) is 1. The van der Waals surface area contributed by atoms with E-state index in [4.69, 9.17) is 15.2 Å². The number of carboxylic acids is 1. The zero-order chi connectivity index (χ0) is 28.7. The summed E-state index contributed by atoms with van der Waals surface area (Å²) in [6, 6.07) is 4.50. The van der Waals surface area contributed by atoms with E-state index in [1.165, 1.54) is 4.90 Å². The lowest BCUT2D eigenvalue weighted by molar-refractivity contribution is -0.149. The van der Waals surface area contributed by atoms with E-state index in [0.29, 0.717) is 54.6 Å². The molecule has 2 heterocycles. The number of rotatable bonds is 10. The predicted molar refractivity (Wildman–Crippen MR) is 148 cm³/mol. The zero-order valence-corrected chi connectivity index (χ0v) is 23.4. The van der Waals surface area contributed by atoms with Crippen molar-refractivity contribution in [2.75, 3.05) is 46.7 Å². The quantitative estimate of drug-likeness (QED) is 0.327. The van der Waals surface area contributed by atoms with Gasteiger partial charge in [-0.15, -0.1) is 0 Å². The van der Waals surface area contributed by atoms with Crippen molar-refractivity contribution < 1.29 is 32.9 Å². The number of carbonyl (C=O) groups excluding carboxylic acids is 1. The number of benzene rings is 1. The number of ether oxygens (including phenoxy) is 2. The van der Waals surface area contributed by atoms with E-state index in [2.05, 4.69) is 4.98 Å². The fourth-order valence-electron chi connectivity index (χ4n) is 4.40. The molecule has 0 saturated carbocycles. The number of hydrogen-bond donors (Lipinski definition) is 2. The van der Waals surface area contributed by atoms with Crippen molar-refractivity contribution in [1.82, 2.24) is 14.8 Å². The van der Waals surface area contributed by atoms with Crippen LogP contribution in [-0.4, -0.2) is 87.5 Å². The second kappa shape index (κ2) is 13.5. The lowest BCUT2D eigenvalue weighted by atomic mass is 10.00. The third-order valence-corrected chi connectivity index (χ3v) is 7.42. The first-order valence-electron chi connectivity index (χ1n) is 12.5. The van der Waals surface area contributed by atoms with Gasteiger partial charge >= 0.3 is 5.97 Å². The number of methoxy groups -OCH3 is 1. The van der Waals surface area contributed by atoms with Crippen molar-refractivity contribution in [3.05, 3.63) is 52.7 Å². The van der Waals surface area contributed by atoms with Gasteiger partial charge in [-0.3, -0.25) is 9.00 Å². The number of allylic oxidation sites excluding steroid dienone is 3. The third-order valence-electron chi connectivity index (χ3n) is 6.71. The van der Waals surface area contributed by atoms with Gasteiger partial charge in [0.1, 0.15) is 24.2 Å². The number of carboxylic acid groups (broad SMARTS) is 1. The molecule has 0 radical (unpaired) electrons. The summed E-state index contributed by atoms with van der Waals surface area (Å²) in [7, 11) is 5.37. The molecule has 11 nitrogen and oxygen atoms in total. The summed E-state index contributed by atoms with van der Waals surface area (Å²) in [5.74, 6) is -0.404. The van der Waals surface area contributed by atoms with Gasteiger partial charge in [-0.1, -0.05) is 6.92 Å². The third kappa shape index (κ3) is 7.55. The number of nitrogens with two attached hydrogens (primary N) is 1. The molecule has 1 aromatic heterocycles. The van der Waals surface area contributed by atoms with Crippen molar-refractivity contribution in [3.8, 4) is 5.75 Å². The fraction of sp³-hybridized carbons (Fsp3) is 0.444. The Morgan fingerprint density at radius 1 is 1.33 bits per heavy atom. The highest BCUT2D eigenvalue weighted by Gasteiger charge is 2.37. The van der Waals surface area contributed by atoms with Crippen molar-refractivity contribution in [1.29, 1.82) is 0 Å². The van der Waals surface area contributed by atoms with Gasteiger partial charge in [0, 0.05) is 68.7 Å². The summed E-state index contributed by atoms with van der Waals surface area (Å²) in [6.07, 6.45) is 6.41. The molecule has 212 valence electrons. The predicted octanol–water partition coefficient (Wildman–Crippen LogP) is 2.30. The first-order chi connectivity index (χ1) is 18.5. The van der Waals surface area contributed by atoms with Crippen LogP contribution in [0, 0.1) is 5.92 Å². The second-order valence-electron chi connectivity index (χ2n) is 9.59. The van der Waals surface area contributed by atoms with Gasteiger partial charge in [0.25, 0.3) is 0 Å². The molecular weight excluding hydrogens is 524 g/mol. The molecule has 12 heteroatoms. The maximum atomic E-state index is 12.4. The average molecular weight is 560 g/mol. The van der Waals surface area contributed by atoms with E-state index in [9.17, 15) is 23.5 Å². The molecule has 0 spiro atoms. The molecule has 39 heavy (non-hydrogen) atoms. The zero-order valence-electron chi connectivity index (χ0n) is 22.6. The second-order valence-corrected chi connectivity index (χ2v) is 10.6. The molecule has 1 fully saturated rings. The lowest BCUT2D eigenvalue weighted by Gasteiger charge is -2.25. The van der Waals surface area contributed by atoms with Crippen LogP contribution in [0.3, 0.4) is 0 Å². The van der Waals surface area contributed by atoms with Crippen LogP contribution in [-0.2, 0) is 31.8 Å². The first kappa shape index (κ1) is 30.1. The molecule has 2 aliphatic rings. The van der Waals surface area contributed by atoms with Crippen LogP contribution in [0.4, 0.5) is 5.82 Å². The number of nitrogen functional groups attached to an aromatic ring is 1. The van der Waals surface area contributed by atoms with Gasteiger partial charge < -0.3 is 34.7 Å². The minimum atomic E-state index is -2.05. The van der Waals surface area contributed by atoms with Crippen molar-refractivity contribution >= 4 is 39.5 Å². The molecule has 3 N–H and O–H groups in total. The monoisotopic (exact) mass is 559 g/mol. The summed E-state index contributed by atoms with van der Waals surface area (Å²) < 4.78 is 31.8. The topological polar surface area (TPSA) is 158 Å². The highest BCUT2D eigenvalue weighted by Crippen LogP contribution is 2.31. The molecule has 2 aromatic rings. The first-order valence-corrected chi connectivity index (χ1v) is 13.6. The van der Waals surface area contributed by atoms with Crippen LogP contribution in [0.5, 0.6) is 5.75 Å². The molecule has 3 atom stereocenters. The van der Waals surface area contributed by atoms with Crippen molar-refractivity contribution in [2.24, 2.45) is 5.92 Å². The minimum absolute atomic E-state index is 0.122. The largest absolute Gasteiger partial charge is 0.769 e. The maximum absolute atomic E-state index is 12.4. The lowest BCUT2D eigenvalue weighted by Crippen LogP contribution is -2.44. The van der Waals surface area contributed by atoms with E-state index in [-0.39, 0.29) is 18.2 Å². The summed E-state index contributed by atoms with van der Waals surface area (Å²) >= 11 is -2.05. The maximum Gasteiger partial charge on any atom is 0.326 e. The molecular formula is C27H35N4O7S-. The summed E-state index contributed by atoms with van der Waals surface area (Å²) in [4.78, 5) is 32.3. The van der Waals surface area contributed by atoms with Gasteiger partial charge in [0.15, 0.2) is 0 Å². The SMILES string of the molecule is CN(C)C1=CC=C(S(=O)[O-])C1.COCCOc1cc2c(N)nccc2cc1C[C@H](C(=O)O)N1CC[C@H](C)C1=O. The number of aliphatic carboxylic acids is 1. The Bertz CT molecular complexity index is 1290. The Balaban J connectivity index is 0.000000320. The summed E-state index contributed by atoms with van der Waals surface area (Å²) in [6.45, 7) is 2.98. The number of aromatic nitrogens is 1. The number of hydrogen-bond acceptors (Lipinski definition) is 9. The van der Waals surface area contributed by atoms with Gasteiger partial charge in [-0.05, 0) is 58.8 Å². The fourth-order valence-corrected chi connectivity index (χ4v) is 4.85. The summed E-state index contributed by atoms with van der Waals surface area (Å²) in [5.41, 5.74) is 7.71. The smallest absolute Gasteiger partial charge is 0.326 e. The normalized spacial score (nSPS) is 18.2. The highest BCUT2D eigenvalue weighted by atomic mass is 32.2. The molecule has 1 unspecified atom stereocenters. The molecule has 1 aliphatic heterocycles.